The van der Waals surface area contributed by atoms with Crippen molar-refractivity contribution in [3.8, 4) is 17.6 Å². The van der Waals surface area contributed by atoms with Gasteiger partial charge in [-0.1, -0.05) is 54.6 Å². The Balaban J connectivity index is 1.48. The Morgan fingerprint density at radius 2 is 1.47 bits per heavy atom. The van der Waals surface area contributed by atoms with Crippen molar-refractivity contribution in [2.45, 2.75) is 95.3 Å². The summed E-state index contributed by atoms with van der Waals surface area (Å²) in [7, 11) is 1.41. The van der Waals surface area contributed by atoms with E-state index in [-0.39, 0.29) is 44.6 Å². The van der Waals surface area contributed by atoms with E-state index in [9.17, 15) is 14.9 Å². The number of rotatable bonds is 21. The molecule has 1 unspecified atom stereocenters. The highest BCUT2D eigenvalue weighted by atomic mass is 31.2. The van der Waals surface area contributed by atoms with Crippen LogP contribution in [0.2, 0.25) is 0 Å². The van der Waals surface area contributed by atoms with Crippen LogP contribution in [0.5, 0.6) is 11.5 Å². The molecule has 5 atom stereocenters. The number of nitrogens with zero attached hydrogens (tertiary/aromatic N) is 3. The van der Waals surface area contributed by atoms with Crippen molar-refractivity contribution in [3.05, 3.63) is 129 Å². The Hall–Kier alpha value is -4.42. The van der Waals surface area contributed by atoms with E-state index in [1.807, 2.05) is 78.9 Å². The fourth-order valence-electron chi connectivity index (χ4n) is 7.13. The Morgan fingerprint density at radius 1 is 0.862 bits per heavy atom. The lowest BCUT2D eigenvalue weighted by Crippen LogP contribution is -2.43. The van der Waals surface area contributed by atoms with E-state index in [1.165, 1.54) is 16.8 Å². The lowest BCUT2D eigenvalue weighted by atomic mass is 9.80. The average molecular weight is 817 g/mol. The minimum atomic E-state index is -1.82. The van der Waals surface area contributed by atoms with Gasteiger partial charge in [0.1, 0.15) is 42.2 Å². The van der Waals surface area contributed by atoms with Crippen LogP contribution in [-0.2, 0) is 33.6 Å². The second kappa shape index (κ2) is 20.0. The number of methoxy groups -OCH3 is 2. The molecular formula is C43H53N4O10P. The van der Waals surface area contributed by atoms with E-state index in [4.69, 9.17) is 37.5 Å². The zero-order valence-corrected chi connectivity index (χ0v) is 34.7. The Morgan fingerprint density at radius 3 is 2.00 bits per heavy atom. The zero-order valence-electron chi connectivity index (χ0n) is 33.8. The molecule has 4 aromatic rings. The molecule has 14 nitrogen and oxygen atoms in total. The molecule has 1 saturated heterocycles. The van der Waals surface area contributed by atoms with Crippen LogP contribution < -0.4 is 20.7 Å². The van der Waals surface area contributed by atoms with Crippen LogP contribution in [0, 0.1) is 11.3 Å². The molecule has 1 aromatic heterocycles. The van der Waals surface area contributed by atoms with Gasteiger partial charge in [0.2, 0.25) is 0 Å². The number of hydrogen-bond donors (Lipinski definition) is 1. The van der Waals surface area contributed by atoms with Gasteiger partial charge >= 0.3 is 5.69 Å². The smallest absolute Gasteiger partial charge is 0.330 e. The predicted octanol–water partition coefficient (Wildman–Crippen LogP) is 6.64. The minimum Gasteiger partial charge on any atom is -0.497 e. The minimum absolute atomic E-state index is 0.00345. The second-order valence-electron chi connectivity index (χ2n) is 14.6. The van der Waals surface area contributed by atoms with Crippen molar-refractivity contribution < 1.29 is 37.5 Å². The molecule has 1 aliphatic carbocycles. The van der Waals surface area contributed by atoms with Gasteiger partial charge in [-0.15, -0.1) is 0 Å². The highest BCUT2D eigenvalue weighted by Gasteiger charge is 2.52. The van der Waals surface area contributed by atoms with E-state index in [0.717, 1.165) is 29.5 Å². The Kier molecular flexibility index (Phi) is 14.9. The standard InChI is InChI=1S/C43H53N4O10P/c1-29(2)47(30(3)4)58(55-26-10-24-44)57-39-37(56-41(40(39)53-28-52-36-21-22-36)46-25-23-38(48)45-42(46)49)27-54-43(31-11-8-7-9-12-31,32-13-17-34(50-5)18-14-32)33-15-19-35(51-6)20-16-33/h7-9,11-20,23,25,29-30,36-37,39-41H,10,21-22,26-28H2,1-6H3,(H,45,48,49)/t37-,39-,40-,41-,58?/m1/s1. The Bertz CT molecular complexity index is 2000. The number of H-pyrrole nitrogens is 1. The number of nitrogens with one attached hydrogen (secondary N) is 1. The van der Waals surface area contributed by atoms with E-state index >= 15 is 0 Å². The summed E-state index contributed by atoms with van der Waals surface area (Å²) >= 11 is 0. The first-order valence-corrected chi connectivity index (χ1v) is 20.7. The predicted molar refractivity (Wildman–Crippen MR) is 217 cm³/mol. The van der Waals surface area contributed by atoms with Crippen LogP contribution in [0.3, 0.4) is 0 Å². The first kappa shape index (κ1) is 43.2. The fraction of sp³-hybridized carbons (Fsp3) is 0.465. The molecule has 15 heteroatoms. The van der Waals surface area contributed by atoms with Gasteiger partial charge in [-0.05, 0) is 81.5 Å². The summed E-state index contributed by atoms with van der Waals surface area (Å²) in [6, 6.07) is 28.7. The van der Waals surface area contributed by atoms with Gasteiger partial charge < -0.3 is 37.5 Å². The number of aromatic amines is 1. The normalized spacial score (nSPS) is 20.1. The van der Waals surface area contributed by atoms with Gasteiger partial charge in [-0.25, -0.2) is 9.46 Å². The molecule has 0 radical (unpaired) electrons. The molecule has 0 bridgehead atoms. The number of hydrogen-bond acceptors (Lipinski definition) is 12. The molecule has 1 aliphatic heterocycles. The molecular weight excluding hydrogens is 763 g/mol. The van der Waals surface area contributed by atoms with Crippen LogP contribution in [0.1, 0.15) is 69.9 Å². The van der Waals surface area contributed by atoms with Gasteiger partial charge in [0.25, 0.3) is 14.1 Å². The molecule has 2 heterocycles. The van der Waals surface area contributed by atoms with E-state index in [0.29, 0.717) is 11.5 Å². The zero-order chi connectivity index (χ0) is 41.2. The first-order valence-electron chi connectivity index (χ1n) is 19.5. The van der Waals surface area contributed by atoms with Crippen LogP contribution in [0.4, 0.5) is 0 Å². The summed E-state index contributed by atoms with van der Waals surface area (Å²) in [4.78, 5) is 28.0. The quantitative estimate of drug-likeness (QED) is 0.0415. The molecule has 2 aliphatic rings. The van der Waals surface area contributed by atoms with Gasteiger partial charge in [-0.3, -0.25) is 14.3 Å². The monoisotopic (exact) mass is 816 g/mol. The SMILES string of the molecule is COc1ccc(C(OC[C@H]2O[C@@H](n3ccc(=O)[nH]c3=O)[C@H](OCOC3CC3)[C@@H]2OP(OCCC#N)N(C(C)C)C(C)C)(c2ccccc2)c2ccc(OC)cc2)cc1. The Labute approximate surface area is 340 Å². The number of nitriles is 1. The molecule has 310 valence electrons. The fourth-order valence-corrected chi connectivity index (χ4v) is 8.90. The van der Waals surface area contributed by atoms with Gasteiger partial charge in [0.15, 0.2) is 6.23 Å². The molecule has 3 aromatic carbocycles. The topological polar surface area (TPSA) is 156 Å². The highest BCUT2D eigenvalue weighted by molar-refractivity contribution is 7.44. The summed E-state index contributed by atoms with van der Waals surface area (Å²) in [5.74, 6) is 1.36. The largest absolute Gasteiger partial charge is 0.497 e. The summed E-state index contributed by atoms with van der Waals surface area (Å²) in [5.41, 5.74) is 0.0316. The van der Waals surface area contributed by atoms with Crippen LogP contribution >= 0.6 is 8.53 Å². The van der Waals surface area contributed by atoms with Crippen molar-refractivity contribution in [2.24, 2.45) is 0 Å². The highest BCUT2D eigenvalue weighted by Crippen LogP contribution is 2.51. The van der Waals surface area contributed by atoms with Crippen LogP contribution in [0.25, 0.3) is 0 Å². The van der Waals surface area contributed by atoms with Crippen LogP contribution in [-0.4, -0.2) is 84.9 Å². The summed E-state index contributed by atoms with van der Waals surface area (Å²) in [6.07, 6.45) is -0.298. The molecule has 0 amide bonds. The molecule has 6 rings (SSSR count). The van der Waals surface area contributed by atoms with Crippen molar-refractivity contribution in [3.63, 3.8) is 0 Å². The van der Waals surface area contributed by atoms with E-state index in [1.54, 1.807) is 14.2 Å². The van der Waals surface area contributed by atoms with Crippen molar-refractivity contribution >= 4 is 8.53 Å². The molecule has 0 spiro atoms. The summed E-state index contributed by atoms with van der Waals surface area (Å²) < 4.78 is 54.5. The maximum atomic E-state index is 13.4. The molecule has 58 heavy (non-hydrogen) atoms. The lowest BCUT2D eigenvalue weighted by molar-refractivity contribution is -0.142. The van der Waals surface area contributed by atoms with E-state index < -0.39 is 49.9 Å². The van der Waals surface area contributed by atoms with Crippen molar-refractivity contribution in [1.29, 1.82) is 5.26 Å². The maximum absolute atomic E-state index is 13.4. The third-order valence-electron chi connectivity index (χ3n) is 10.0. The van der Waals surface area contributed by atoms with E-state index in [2.05, 4.69) is 43.4 Å². The molecule has 1 N–H and O–H groups in total. The van der Waals surface area contributed by atoms with Gasteiger partial charge in [0.05, 0.1) is 46.0 Å². The second-order valence-corrected chi connectivity index (χ2v) is 16.0. The first-order chi connectivity index (χ1) is 28.1. The number of benzene rings is 3. The lowest BCUT2D eigenvalue weighted by Gasteiger charge is -2.39. The van der Waals surface area contributed by atoms with Crippen LogP contribution in [0.15, 0.2) is 101 Å². The summed E-state index contributed by atoms with van der Waals surface area (Å²) in [6.45, 7) is 8.19. The number of ether oxygens (including phenoxy) is 6. The maximum Gasteiger partial charge on any atom is 0.330 e. The van der Waals surface area contributed by atoms with Gasteiger partial charge in [0, 0.05) is 24.3 Å². The number of aromatic nitrogens is 2. The molecule has 2 fully saturated rings. The average Bonchev–Trinajstić information content (AvgIpc) is 4.00. The van der Waals surface area contributed by atoms with Gasteiger partial charge in [-0.2, -0.15) is 5.26 Å². The summed E-state index contributed by atoms with van der Waals surface area (Å²) in [5, 5.41) is 9.43. The third-order valence-corrected chi connectivity index (χ3v) is 12.1. The molecule has 1 saturated carbocycles. The third kappa shape index (κ3) is 10.1. The van der Waals surface area contributed by atoms with Crippen molar-refractivity contribution in [1.82, 2.24) is 14.2 Å². The van der Waals surface area contributed by atoms with Crippen molar-refractivity contribution in [2.75, 3.05) is 34.2 Å².